The molecule has 1 unspecified atom stereocenters. The van der Waals surface area contributed by atoms with Crippen LogP contribution in [0.2, 0.25) is 0 Å². The highest BCUT2D eigenvalue weighted by molar-refractivity contribution is 7.14. The average Bonchev–Trinajstić information content (AvgIpc) is 2.87. The van der Waals surface area contributed by atoms with Crippen LogP contribution in [0.25, 0.3) is 0 Å². The smallest absolute Gasteiger partial charge is 0.283 e. The highest BCUT2D eigenvalue weighted by Crippen LogP contribution is 2.28. The van der Waals surface area contributed by atoms with Crippen LogP contribution in [0.5, 0.6) is 0 Å². The summed E-state index contributed by atoms with van der Waals surface area (Å²) in [6.45, 7) is 4.16. The van der Waals surface area contributed by atoms with Gasteiger partial charge in [0.1, 0.15) is 0 Å². The third kappa shape index (κ3) is 3.66. The molecule has 1 atom stereocenters. The van der Waals surface area contributed by atoms with Crippen molar-refractivity contribution in [2.45, 2.75) is 19.8 Å². The SMILES string of the molecule is Cc1sc(C(=O)NCC(C)c2ccccc2)cc1[N+](=O)[O-]. The molecule has 6 heteroatoms. The molecule has 1 N–H and O–H groups in total. The molecule has 0 aliphatic heterocycles. The molecule has 21 heavy (non-hydrogen) atoms. The summed E-state index contributed by atoms with van der Waals surface area (Å²) >= 11 is 1.14. The standard InChI is InChI=1S/C15H16N2O3S/c1-10(12-6-4-3-5-7-12)9-16-15(18)14-8-13(17(19)20)11(2)21-14/h3-8,10H,9H2,1-2H3,(H,16,18). The number of aryl methyl sites for hydroxylation is 1. The third-order valence-electron chi connectivity index (χ3n) is 3.25. The van der Waals surface area contributed by atoms with Crippen LogP contribution >= 0.6 is 11.3 Å². The number of hydrogen-bond acceptors (Lipinski definition) is 4. The number of carbonyl (C=O) groups is 1. The second-order valence-corrected chi connectivity index (χ2v) is 6.09. The minimum absolute atomic E-state index is 0.00116. The molecule has 0 fully saturated rings. The maximum atomic E-state index is 12.0. The highest BCUT2D eigenvalue weighted by Gasteiger charge is 2.19. The van der Waals surface area contributed by atoms with E-state index in [2.05, 4.69) is 5.32 Å². The third-order valence-corrected chi connectivity index (χ3v) is 4.29. The van der Waals surface area contributed by atoms with E-state index in [1.165, 1.54) is 6.07 Å². The first kappa shape index (κ1) is 15.2. The summed E-state index contributed by atoms with van der Waals surface area (Å²) in [5.74, 6) is -0.0785. The van der Waals surface area contributed by atoms with Gasteiger partial charge in [0, 0.05) is 12.6 Å². The lowest BCUT2D eigenvalue weighted by Crippen LogP contribution is -2.26. The van der Waals surface area contributed by atoms with Gasteiger partial charge < -0.3 is 5.32 Å². The van der Waals surface area contributed by atoms with Gasteiger partial charge in [0.15, 0.2) is 0 Å². The van der Waals surface area contributed by atoms with Crippen LogP contribution in [0.1, 0.15) is 33.0 Å². The van der Waals surface area contributed by atoms with Gasteiger partial charge in [-0.25, -0.2) is 0 Å². The van der Waals surface area contributed by atoms with E-state index >= 15 is 0 Å². The molecule has 1 aromatic carbocycles. The summed E-state index contributed by atoms with van der Waals surface area (Å²) < 4.78 is 0. The van der Waals surface area contributed by atoms with E-state index in [9.17, 15) is 14.9 Å². The zero-order chi connectivity index (χ0) is 15.4. The monoisotopic (exact) mass is 304 g/mol. The summed E-state index contributed by atoms with van der Waals surface area (Å²) in [5.41, 5.74) is 1.15. The molecule has 1 aromatic heterocycles. The maximum absolute atomic E-state index is 12.0. The first-order valence-electron chi connectivity index (χ1n) is 6.57. The molecule has 110 valence electrons. The van der Waals surface area contributed by atoms with E-state index in [4.69, 9.17) is 0 Å². The zero-order valence-corrected chi connectivity index (χ0v) is 12.6. The van der Waals surface area contributed by atoms with Crippen molar-refractivity contribution in [3.8, 4) is 0 Å². The normalized spacial score (nSPS) is 11.9. The van der Waals surface area contributed by atoms with E-state index in [0.717, 1.165) is 16.9 Å². The van der Waals surface area contributed by atoms with E-state index in [-0.39, 0.29) is 17.5 Å². The molecule has 2 rings (SSSR count). The number of amides is 1. The van der Waals surface area contributed by atoms with E-state index in [1.807, 2.05) is 37.3 Å². The first-order chi connectivity index (χ1) is 9.99. The number of thiophene rings is 1. The lowest BCUT2D eigenvalue weighted by Gasteiger charge is -2.12. The van der Waals surface area contributed by atoms with Gasteiger partial charge in [0.2, 0.25) is 0 Å². The zero-order valence-electron chi connectivity index (χ0n) is 11.8. The Morgan fingerprint density at radius 1 is 1.38 bits per heavy atom. The number of benzene rings is 1. The molecular formula is C15H16N2O3S. The van der Waals surface area contributed by atoms with Gasteiger partial charge in [0.25, 0.3) is 11.6 Å². The minimum Gasteiger partial charge on any atom is -0.351 e. The maximum Gasteiger partial charge on any atom is 0.283 e. The van der Waals surface area contributed by atoms with Crippen LogP contribution in [0.4, 0.5) is 5.69 Å². The molecule has 0 saturated heterocycles. The topological polar surface area (TPSA) is 72.2 Å². The second kappa shape index (κ2) is 6.49. The Morgan fingerprint density at radius 3 is 2.62 bits per heavy atom. The lowest BCUT2D eigenvalue weighted by atomic mass is 10.0. The molecule has 1 heterocycles. The number of nitro groups is 1. The van der Waals surface area contributed by atoms with Gasteiger partial charge in [-0.2, -0.15) is 0 Å². The van der Waals surface area contributed by atoms with Gasteiger partial charge >= 0.3 is 0 Å². The Bertz CT molecular complexity index is 652. The number of nitrogens with zero attached hydrogens (tertiary/aromatic N) is 1. The molecule has 5 nitrogen and oxygen atoms in total. The first-order valence-corrected chi connectivity index (χ1v) is 7.38. The van der Waals surface area contributed by atoms with Gasteiger partial charge in [0.05, 0.1) is 14.7 Å². The molecule has 2 aromatic rings. The quantitative estimate of drug-likeness (QED) is 0.678. The fourth-order valence-corrected chi connectivity index (χ4v) is 2.90. The number of rotatable bonds is 5. The van der Waals surface area contributed by atoms with Crippen LogP contribution in [0.3, 0.4) is 0 Å². The summed E-state index contributed by atoms with van der Waals surface area (Å²) in [4.78, 5) is 23.3. The predicted molar refractivity (Wildman–Crippen MR) is 82.9 cm³/mol. The van der Waals surface area contributed by atoms with Crippen molar-refractivity contribution in [2.24, 2.45) is 0 Å². The Labute approximate surface area is 126 Å². The van der Waals surface area contributed by atoms with Crippen LogP contribution in [-0.4, -0.2) is 17.4 Å². The van der Waals surface area contributed by atoms with Crippen LogP contribution in [0.15, 0.2) is 36.4 Å². The summed E-state index contributed by atoms with van der Waals surface area (Å²) in [5, 5.41) is 13.6. The van der Waals surface area contributed by atoms with Crippen molar-refractivity contribution in [2.75, 3.05) is 6.54 Å². The molecule has 0 saturated carbocycles. The van der Waals surface area contributed by atoms with Crippen molar-refractivity contribution in [3.63, 3.8) is 0 Å². The number of hydrogen-bond donors (Lipinski definition) is 1. The van der Waals surface area contributed by atoms with Crippen molar-refractivity contribution >= 4 is 22.9 Å². The number of carbonyl (C=O) groups excluding carboxylic acids is 1. The molecule has 0 aliphatic carbocycles. The Balaban J connectivity index is 1.99. The van der Waals surface area contributed by atoms with Crippen LogP contribution < -0.4 is 5.32 Å². The fraction of sp³-hybridized carbons (Fsp3) is 0.267. The largest absolute Gasteiger partial charge is 0.351 e. The Hall–Kier alpha value is -2.21. The van der Waals surface area contributed by atoms with E-state index < -0.39 is 4.92 Å². The molecule has 1 amide bonds. The van der Waals surface area contributed by atoms with Crippen molar-refractivity contribution in [1.82, 2.24) is 5.32 Å². The Morgan fingerprint density at radius 2 is 2.05 bits per heavy atom. The van der Waals surface area contributed by atoms with Crippen LogP contribution in [0, 0.1) is 17.0 Å². The molecule has 0 bridgehead atoms. The Kier molecular flexibility index (Phi) is 4.70. The molecule has 0 aliphatic rings. The van der Waals surface area contributed by atoms with Gasteiger partial charge in [-0.05, 0) is 18.4 Å². The van der Waals surface area contributed by atoms with E-state index in [0.29, 0.717) is 16.3 Å². The van der Waals surface area contributed by atoms with Gasteiger partial charge in [-0.15, -0.1) is 11.3 Å². The summed E-state index contributed by atoms with van der Waals surface area (Å²) in [6.07, 6.45) is 0. The van der Waals surface area contributed by atoms with Gasteiger partial charge in [-0.3, -0.25) is 14.9 Å². The molecule has 0 radical (unpaired) electrons. The average molecular weight is 304 g/mol. The van der Waals surface area contributed by atoms with Crippen LogP contribution in [-0.2, 0) is 0 Å². The second-order valence-electron chi connectivity index (χ2n) is 4.83. The van der Waals surface area contributed by atoms with Gasteiger partial charge in [-0.1, -0.05) is 37.3 Å². The van der Waals surface area contributed by atoms with Crippen molar-refractivity contribution in [1.29, 1.82) is 0 Å². The fourth-order valence-electron chi connectivity index (χ4n) is 2.00. The number of nitrogens with one attached hydrogen (secondary N) is 1. The molecular weight excluding hydrogens is 288 g/mol. The summed E-state index contributed by atoms with van der Waals surface area (Å²) in [7, 11) is 0. The summed E-state index contributed by atoms with van der Waals surface area (Å²) in [6, 6.07) is 11.2. The van der Waals surface area contributed by atoms with Crippen molar-refractivity contribution in [3.05, 3.63) is 61.8 Å². The molecule has 0 spiro atoms. The minimum atomic E-state index is -0.463. The highest BCUT2D eigenvalue weighted by atomic mass is 32.1. The van der Waals surface area contributed by atoms with E-state index in [1.54, 1.807) is 6.92 Å². The lowest BCUT2D eigenvalue weighted by molar-refractivity contribution is -0.385. The van der Waals surface area contributed by atoms with Crippen molar-refractivity contribution < 1.29 is 9.72 Å². The predicted octanol–water partition coefficient (Wildman–Crippen LogP) is 3.50.